The first-order chi connectivity index (χ1) is 6.65. The van der Waals surface area contributed by atoms with Crippen molar-refractivity contribution in [3.8, 4) is 0 Å². The van der Waals surface area contributed by atoms with E-state index in [0.717, 1.165) is 19.4 Å². The lowest BCUT2D eigenvalue weighted by atomic mass is 10.0. The Morgan fingerprint density at radius 2 is 2.07 bits per heavy atom. The summed E-state index contributed by atoms with van der Waals surface area (Å²) in [5.41, 5.74) is 0. The third kappa shape index (κ3) is 1.65. The minimum atomic E-state index is 0.289. The predicted molar refractivity (Wildman–Crippen MR) is 57.3 cm³/mol. The highest BCUT2D eigenvalue weighted by atomic mass is 35.5. The molecule has 2 fully saturated rings. The summed E-state index contributed by atoms with van der Waals surface area (Å²) in [5, 5.41) is 0. The van der Waals surface area contributed by atoms with Gasteiger partial charge < -0.3 is 4.90 Å². The van der Waals surface area contributed by atoms with Gasteiger partial charge in [0.25, 0.3) is 0 Å². The number of amides is 1. The lowest BCUT2D eigenvalue weighted by Crippen LogP contribution is -2.39. The fourth-order valence-electron chi connectivity index (χ4n) is 2.40. The van der Waals surface area contributed by atoms with Crippen molar-refractivity contribution in [2.75, 3.05) is 12.4 Å². The summed E-state index contributed by atoms with van der Waals surface area (Å²) in [5.74, 6) is 2.44. The number of nitrogens with zero attached hydrogens (tertiary/aromatic N) is 1. The van der Waals surface area contributed by atoms with E-state index in [9.17, 15) is 4.79 Å². The Labute approximate surface area is 90.6 Å². The van der Waals surface area contributed by atoms with Crippen LogP contribution >= 0.6 is 11.6 Å². The van der Waals surface area contributed by atoms with Gasteiger partial charge in [-0.3, -0.25) is 4.79 Å². The van der Waals surface area contributed by atoms with Crippen molar-refractivity contribution in [3.05, 3.63) is 0 Å². The maximum atomic E-state index is 12.0. The maximum Gasteiger partial charge on any atom is 0.226 e. The van der Waals surface area contributed by atoms with Crippen LogP contribution in [0.5, 0.6) is 0 Å². The molecular weight excluding hydrogens is 198 g/mol. The molecule has 0 aromatic heterocycles. The minimum Gasteiger partial charge on any atom is -0.338 e. The molecule has 3 heteroatoms. The van der Waals surface area contributed by atoms with E-state index in [1.54, 1.807) is 0 Å². The van der Waals surface area contributed by atoms with Crippen molar-refractivity contribution in [2.45, 2.75) is 32.7 Å². The molecule has 80 valence electrons. The molecule has 1 saturated carbocycles. The molecule has 0 aromatic carbocycles. The Hall–Kier alpha value is -0.240. The van der Waals surface area contributed by atoms with Crippen LogP contribution in [0.1, 0.15) is 26.7 Å². The number of rotatable bonds is 2. The molecule has 1 saturated heterocycles. The number of hydrogen-bond acceptors (Lipinski definition) is 1. The lowest BCUT2D eigenvalue weighted by molar-refractivity contribution is -0.133. The Kier molecular flexibility index (Phi) is 2.74. The first-order valence-electron chi connectivity index (χ1n) is 5.51. The topological polar surface area (TPSA) is 20.3 Å². The van der Waals surface area contributed by atoms with Crippen molar-refractivity contribution in [1.29, 1.82) is 0 Å². The van der Waals surface area contributed by atoms with E-state index in [-0.39, 0.29) is 6.04 Å². The number of likely N-dealkylation sites (tertiary alicyclic amines) is 1. The van der Waals surface area contributed by atoms with Crippen LogP contribution in [0.3, 0.4) is 0 Å². The van der Waals surface area contributed by atoms with E-state index < -0.39 is 0 Å². The molecule has 4 unspecified atom stereocenters. The fraction of sp³-hybridized carbons (Fsp3) is 0.909. The molecule has 2 aliphatic rings. The van der Waals surface area contributed by atoms with Gasteiger partial charge >= 0.3 is 0 Å². The second-order valence-electron chi connectivity index (χ2n) is 4.84. The molecule has 4 atom stereocenters. The van der Waals surface area contributed by atoms with Crippen LogP contribution in [0.25, 0.3) is 0 Å². The normalized spacial score (nSPS) is 41.5. The largest absolute Gasteiger partial charge is 0.338 e. The second kappa shape index (κ2) is 3.73. The molecule has 2 rings (SSSR count). The van der Waals surface area contributed by atoms with Gasteiger partial charge in [-0.1, -0.05) is 13.8 Å². The van der Waals surface area contributed by atoms with E-state index in [4.69, 9.17) is 11.6 Å². The second-order valence-corrected chi connectivity index (χ2v) is 5.15. The average Bonchev–Trinajstić information content (AvgIpc) is 2.76. The third-order valence-corrected chi connectivity index (χ3v) is 4.07. The van der Waals surface area contributed by atoms with E-state index in [1.807, 2.05) is 4.90 Å². The molecule has 1 aliphatic carbocycles. The zero-order valence-electron chi connectivity index (χ0n) is 8.87. The van der Waals surface area contributed by atoms with Gasteiger partial charge in [0.05, 0.1) is 0 Å². The van der Waals surface area contributed by atoms with Crippen molar-refractivity contribution in [3.63, 3.8) is 0 Å². The summed E-state index contributed by atoms with van der Waals surface area (Å²) in [6.45, 7) is 5.26. The molecule has 0 radical (unpaired) electrons. The Morgan fingerprint density at radius 1 is 1.43 bits per heavy atom. The zero-order valence-corrected chi connectivity index (χ0v) is 9.63. The first-order valence-corrected chi connectivity index (χ1v) is 6.05. The maximum absolute atomic E-state index is 12.0. The fourth-order valence-corrected chi connectivity index (χ4v) is 2.87. The van der Waals surface area contributed by atoms with Crippen molar-refractivity contribution in [2.24, 2.45) is 17.8 Å². The smallest absolute Gasteiger partial charge is 0.226 e. The van der Waals surface area contributed by atoms with Gasteiger partial charge in [-0.2, -0.15) is 0 Å². The van der Waals surface area contributed by atoms with Gasteiger partial charge in [0, 0.05) is 24.4 Å². The number of carbonyl (C=O) groups is 1. The molecule has 0 N–H and O–H groups in total. The minimum absolute atomic E-state index is 0.289. The quantitative estimate of drug-likeness (QED) is 0.647. The summed E-state index contributed by atoms with van der Waals surface area (Å²) in [7, 11) is 0. The van der Waals surface area contributed by atoms with Gasteiger partial charge in [0.2, 0.25) is 5.91 Å². The van der Waals surface area contributed by atoms with Gasteiger partial charge in [0.1, 0.15) is 0 Å². The van der Waals surface area contributed by atoms with Crippen LogP contribution in [0.4, 0.5) is 0 Å². The summed E-state index contributed by atoms with van der Waals surface area (Å²) in [4.78, 5) is 14.0. The molecule has 0 bridgehead atoms. The van der Waals surface area contributed by atoms with Crippen molar-refractivity contribution in [1.82, 2.24) is 4.90 Å². The van der Waals surface area contributed by atoms with Crippen molar-refractivity contribution < 1.29 is 4.79 Å². The monoisotopic (exact) mass is 215 g/mol. The third-order valence-electron chi connectivity index (χ3n) is 3.75. The number of hydrogen-bond donors (Lipinski definition) is 0. The van der Waals surface area contributed by atoms with Crippen LogP contribution in [0.15, 0.2) is 0 Å². The van der Waals surface area contributed by atoms with E-state index >= 15 is 0 Å². The van der Waals surface area contributed by atoms with Gasteiger partial charge in [-0.05, 0) is 24.7 Å². The highest BCUT2D eigenvalue weighted by Crippen LogP contribution is 2.41. The summed E-state index contributed by atoms with van der Waals surface area (Å²) in [6.07, 6.45) is 2.20. The van der Waals surface area contributed by atoms with E-state index in [2.05, 4.69) is 13.8 Å². The predicted octanol–water partition coefficient (Wildman–Crippen LogP) is 2.12. The Bertz CT molecular complexity index is 243. The van der Waals surface area contributed by atoms with Crippen molar-refractivity contribution >= 4 is 17.5 Å². The molecule has 1 heterocycles. The Morgan fingerprint density at radius 3 is 2.57 bits per heavy atom. The molecular formula is C11H18ClNO. The first kappa shape index (κ1) is 10.3. The summed E-state index contributed by atoms with van der Waals surface area (Å²) in [6, 6.07) is 0.289. The lowest BCUT2D eigenvalue weighted by Gasteiger charge is -2.25. The van der Waals surface area contributed by atoms with Gasteiger partial charge in [0.15, 0.2) is 0 Å². The van der Waals surface area contributed by atoms with Gasteiger partial charge in [-0.25, -0.2) is 0 Å². The molecule has 0 aromatic rings. The molecule has 14 heavy (non-hydrogen) atoms. The standard InChI is InChI=1S/C11H18ClNO/c1-7-3-4-13(10(7)6-12)11(14)9-5-8(9)2/h7-10H,3-6H2,1-2H3. The van der Waals surface area contributed by atoms with Crippen LogP contribution in [-0.2, 0) is 4.79 Å². The summed E-state index contributed by atoms with van der Waals surface area (Å²) >= 11 is 5.91. The molecule has 1 amide bonds. The number of alkyl halides is 1. The van der Waals surface area contributed by atoms with E-state index in [1.165, 1.54) is 0 Å². The van der Waals surface area contributed by atoms with E-state index in [0.29, 0.717) is 29.5 Å². The van der Waals surface area contributed by atoms with Crippen LogP contribution in [-0.4, -0.2) is 29.3 Å². The van der Waals surface area contributed by atoms with Crippen LogP contribution in [0, 0.1) is 17.8 Å². The Balaban J connectivity index is 2.00. The highest BCUT2D eigenvalue weighted by Gasteiger charge is 2.45. The molecule has 2 nitrogen and oxygen atoms in total. The summed E-state index contributed by atoms with van der Waals surface area (Å²) < 4.78 is 0. The zero-order chi connectivity index (χ0) is 10.3. The number of carbonyl (C=O) groups excluding carboxylic acids is 1. The average molecular weight is 216 g/mol. The number of halogens is 1. The molecule has 1 aliphatic heterocycles. The van der Waals surface area contributed by atoms with Crippen LogP contribution < -0.4 is 0 Å². The SMILES string of the molecule is CC1CC1C(=O)N1CCC(C)C1CCl. The van der Waals surface area contributed by atoms with Gasteiger partial charge in [-0.15, -0.1) is 11.6 Å². The molecule has 0 spiro atoms. The highest BCUT2D eigenvalue weighted by molar-refractivity contribution is 6.18. The van der Waals surface area contributed by atoms with Crippen LogP contribution in [0.2, 0.25) is 0 Å².